The van der Waals surface area contributed by atoms with E-state index >= 15 is 0 Å². The summed E-state index contributed by atoms with van der Waals surface area (Å²) in [5.41, 5.74) is 0.727. The van der Waals surface area contributed by atoms with Crippen LogP contribution in [0.5, 0.6) is 0 Å². The van der Waals surface area contributed by atoms with Crippen molar-refractivity contribution in [1.82, 2.24) is 4.90 Å². The van der Waals surface area contributed by atoms with Crippen molar-refractivity contribution in [3.63, 3.8) is 0 Å². The summed E-state index contributed by atoms with van der Waals surface area (Å²) < 4.78 is 0. The average Bonchev–Trinajstić information content (AvgIpc) is 2.96. The Hall–Kier alpha value is -1.31. The highest BCUT2D eigenvalue weighted by atomic mass is 32.1. The SMILES string of the molecule is CCCCN(C(=O)c1csc(C#CCCO)c1)C(C)CC. The van der Waals surface area contributed by atoms with Gasteiger partial charge in [-0.1, -0.05) is 32.1 Å². The first-order chi connectivity index (χ1) is 10.1. The van der Waals surface area contributed by atoms with E-state index in [1.807, 2.05) is 16.3 Å². The van der Waals surface area contributed by atoms with Gasteiger partial charge in [-0.25, -0.2) is 0 Å². The molecule has 1 aromatic rings. The smallest absolute Gasteiger partial charge is 0.254 e. The number of carbonyl (C=O) groups is 1. The van der Waals surface area contributed by atoms with Crippen LogP contribution in [0.25, 0.3) is 0 Å². The lowest BCUT2D eigenvalue weighted by Gasteiger charge is -2.28. The second-order valence-electron chi connectivity index (χ2n) is 5.08. The van der Waals surface area contributed by atoms with E-state index in [2.05, 4.69) is 32.6 Å². The average molecular weight is 307 g/mol. The van der Waals surface area contributed by atoms with Crippen LogP contribution < -0.4 is 0 Å². The van der Waals surface area contributed by atoms with Crippen LogP contribution in [-0.2, 0) is 0 Å². The Morgan fingerprint density at radius 2 is 2.24 bits per heavy atom. The van der Waals surface area contributed by atoms with E-state index in [0.29, 0.717) is 6.42 Å². The third-order valence-electron chi connectivity index (χ3n) is 3.43. The minimum atomic E-state index is 0.0724. The zero-order valence-corrected chi connectivity index (χ0v) is 14.0. The van der Waals surface area contributed by atoms with Crippen molar-refractivity contribution >= 4 is 17.2 Å². The van der Waals surface area contributed by atoms with Gasteiger partial charge in [-0.05, 0) is 25.8 Å². The summed E-state index contributed by atoms with van der Waals surface area (Å²) in [7, 11) is 0. The van der Waals surface area contributed by atoms with Crippen molar-refractivity contribution in [3.05, 3.63) is 21.9 Å². The molecule has 0 spiro atoms. The van der Waals surface area contributed by atoms with Crippen molar-refractivity contribution in [2.45, 2.75) is 52.5 Å². The highest BCUT2D eigenvalue weighted by molar-refractivity contribution is 7.10. The number of rotatable bonds is 7. The van der Waals surface area contributed by atoms with Crippen molar-refractivity contribution in [2.75, 3.05) is 13.2 Å². The minimum Gasteiger partial charge on any atom is -0.395 e. The predicted octanol–water partition coefficient (Wildman–Crippen LogP) is 3.52. The molecule has 1 aromatic heterocycles. The van der Waals surface area contributed by atoms with E-state index < -0.39 is 0 Å². The van der Waals surface area contributed by atoms with Gasteiger partial charge in [0.05, 0.1) is 17.0 Å². The lowest BCUT2D eigenvalue weighted by atomic mass is 10.1. The number of thiophene rings is 1. The van der Waals surface area contributed by atoms with Crippen molar-refractivity contribution < 1.29 is 9.90 Å². The number of carbonyl (C=O) groups excluding carboxylic acids is 1. The number of hydrogen-bond donors (Lipinski definition) is 1. The molecule has 21 heavy (non-hydrogen) atoms. The summed E-state index contributed by atoms with van der Waals surface area (Å²) in [6, 6.07) is 2.12. The Balaban J connectivity index is 2.81. The first kappa shape index (κ1) is 17.7. The van der Waals surface area contributed by atoms with E-state index in [1.54, 1.807) is 0 Å². The fourth-order valence-electron chi connectivity index (χ4n) is 1.96. The standard InChI is InChI=1S/C17H25NO2S/c1-4-6-10-18(14(3)5-2)17(20)15-12-16(21-13-15)9-7-8-11-19/h12-14,19H,4-6,8,10-11H2,1-3H3. The fourth-order valence-corrected chi connectivity index (χ4v) is 2.71. The van der Waals surface area contributed by atoms with E-state index in [-0.39, 0.29) is 18.6 Å². The summed E-state index contributed by atoms with van der Waals surface area (Å²) in [6.07, 6.45) is 3.55. The summed E-state index contributed by atoms with van der Waals surface area (Å²) in [5.74, 6) is 5.97. The normalized spacial score (nSPS) is 11.6. The molecule has 116 valence electrons. The van der Waals surface area contributed by atoms with Crippen LogP contribution in [0.2, 0.25) is 0 Å². The summed E-state index contributed by atoms with van der Waals surface area (Å²) in [4.78, 5) is 15.5. The molecule has 0 aliphatic carbocycles. The molecule has 1 heterocycles. The second kappa shape index (κ2) is 9.59. The van der Waals surface area contributed by atoms with Crippen molar-refractivity contribution in [3.8, 4) is 11.8 Å². The molecule has 1 atom stereocenters. The van der Waals surface area contributed by atoms with Crippen LogP contribution in [0.1, 0.15) is 61.7 Å². The highest BCUT2D eigenvalue weighted by Gasteiger charge is 2.20. The van der Waals surface area contributed by atoms with Crippen molar-refractivity contribution in [1.29, 1.82) is 0 Å². The number of aliphatic hydroxyl groups is 1. The van der Waals surface area contributed by atoms with Gasteiger partial charge in [0.1, 0.15) is 0 Å². The highest BCUT2D eigenvalue weighted by Crippen LogP contribution is 2.18. The Morgan fingerprint density at radius 3 is 2.86 bits per heavy atom. The topological polar surface area (TPSA) is 40.5 Å². The third-order valence-corrected chi connectivity index (χ3v) is 4.28. The van der Waals surface area contributed by atoms with Gasteiger partial charge < -0.3 is 10.0 Å². The van der Waals surface area contributed by atoms with Gasteiger partial charge in [0, 0.05) is 24.4 Å². The lowest BCUT2D eigenvalue weighted by molar-refractivity contribution is 0.0686. The maximum Gasteiger partial charge on any atom is 0.254 e. The largest absolute Gasteiger partial charge is 0.395 e. The Labute approximate surface area is 132 Å². The van der Waals surface area contributed by atoms with Crippen LogP contribution in [0.15, 0.2) is 11.4 Å². The number of aliphatic hydroxyl groups excluding tert-OH is 1. The maximum atomic E-state index is 12.6. The lowest BCUT2D eigenvalue weighted by Crippen LogP contribution is -2.38. The summed E-state index contributed by atoms with van der Waals surface area (Å²) in [6.45, 7) is 7.23. The van der Waals surface area contributed by atoms with Gasteiger partial charge in [0.15, 0.2) is 0 Å². The molecule has 0 bridgehead atoms. The van der Waals surface area contributed by atoms with Gasteiger partial charge in [-0.2, -0.15) is 0 Å². The molecule has 1 amide bonds. The molecule has 0 aromatic carbocycles. The molecule has 4 heteroatoms. The van der Waals surface area contributed by atoms with Crippen LogP contribution in [0, 0.1) is 11.8 Å². The van der Waals surface area contributed by atoms with Gasteiger partial charge in [0.25, 0.3) is 5.91 Å². The van der Waals surface area contributed by atoms with Crippen molar-refractivity contribution in [2.24, 2.45) is 0 Å². The van der Waals surface area contributed by atoms with Crippen LogP contribution in [0.4, 0.5) is 0 Å². The molecule has 0 saturated carbocycles. The third kappa shape index (κ3) is 5.53. The summed E-state index contributed by atoms with van der Waals surface area (Å²) >= 11 is 1.49. The van der Waals surface area contributed by atoms with Gasteiger partial charge in [-0.3, -0.25) is 4.79 Å². The second-order valence-corrected chi connectivity index (χ2v) is 6.00. The van der Waals surface area contributed by atoms with Crippen LogP contribution >= 0.6 is 11.3 Å². The number of amides is 1. The predicted molar refractivity (Wildman–Crippen MR) is 88.6 cm³/mol. The Kier molecular flexibility index (Phi) is 8.11. The first-order valence-corrected chi connectivity index (χ1v) is 8.51. The zero-order valence-electron chi connectivity index (χ0n) is 13.2. The molecule has 1 N–H and O–H groups in total. The molecule has 0 radical (unpaired) electrons. The number of hydrogen-bond acceptors (Lipinski definition) is 3. The van der Waals surface area contributed by atoms with Crippen LogP contribution in [-0.4, -0.2) is 35.1 Å². The fraction of sp³-hybridized carbons (Fsp3) is 0.588. The minimum absolute atomic E-state index is 0.0724. The molecule has 3 nitrogen and oxygen atoms in total. The molecule has 0 fully saturated rings. The van der Waals surface area contributed by atoms with Gasteiger partial charge in [-0.15, -0.1) is 11.3 Å². The quantitative estimate of drug-likeness (QED) is 0.783. The monoisotopic (exact) mass is 307 g/mol. The molecule has 0 aliphatic rings. The first-order valence-electron chi connectivity index (χ1n) is 7.63. The number of nitrogens with zero attached hydrogens (tertiary/aromatic N) is 1. The molecule has 0 aliphatic heterocycles. The van der Waals surface area contributed by atoms with E-state index in [0.717, 1.165) is 36.2 Å². The summed E-state index contributed by atoms with van der Waals surface area (Å²) in [5, 5.41) is 10.6. The molecule has 1 unspecified atom stereocenters. The van der Waals surface area contributed by atoms with Crippen LogP contribution in [0.3, 0.4) is 0 Å². The maximum absolute atomic E-state index is 12.6. The molecule has 1 rings (SSSR count). The molecule has 0 saturated heterocycles. The zero-order chi connectivity index (χ0) is 15.7. The van der Waals surface area contributed by atoms with E-state index in [1.165, 1.54) is 11.3 Å². The Bertz CT molecular complexity index is 498. The Morgan fingerprint density at radius 1 is 1.48 bits per heavy atom. The molecular formula is C17H25NO2S. The van der Waals surface area contributed by atoms with E-state index in [9.17, 15) is 4.79 Å². The van der Waals surface area contributed by atoms with E-state index in [4.69, 9.17) is 5.11 Å². The van der Waals surface area contributed by atoms with Gasteiger partial charge in [0.2, 0.25) is 0 Å². The van der Waals surface area contributed by atoms with Gasteiger partial charge >= 0.3 is 0 Å². The number of unbranched alkanes of at least 4 members (excludes halogenated alkanes) is 1. The molecular weight excluding hydrogens is 282 g/mol.